The van der Waals surface area contributed by atoms with E-state index < -0.39 is 23.3 Å². The van der Waals surface area contributed by atoms with E-state index >= 15 is 4.39 Å². The molecular weight excluding hydrogens is 626 g/mol. The number of pyridine rings is 1. The number of anilines is 2. The molecular formula is C34H33ClF2N8O2. The third-order valence-electron chi connectivity index (χ3n) is 8.82. The van der Waals surface area contributed by atoms with E-state index in [9.17, 15) is 19.6 Å². The second kappa shape index (κ2) is 12.7. The van der Waals surface area contributed by atoms with Gasteiger partial charge in [-0.15, -0.1) is 0 Å². The second-order valence-electron chi connectivity index (χ2n) is 12.2. The average molecular weight is 659 g/mol. The van der Waals surface area contributed by atoms with Gasteiger partial charge in [-0.3, -0.25) is 9.78 Å². The Kier molecular flexibility index (Phi) is 8.70. The van der Waals surface area contributed by atoms with Crippen molar-refractivity contribution >= 4 is 46.3 Å². The van der Waals surface area contributed by atoms with E-state index in [0.29, 0.717) is 42.5 Å². The molecule has 2 atom stereocenters. The minimum Gasteiger partial charge on any atom is -0.507 e. The van der Waals surface area contributed by atoms with Crippen molar-refractivity contribution in [3.8, 4) is 22.9 Å². The van der Waals surface area contributed by atoms with Crippen LogP contribution in [0.1, 0.15) is 19.5 Å². The number of rotatable bonds is 6. The third kappa shape index (κ3) is 5.92. The number of halogens is 3. The number of aromatic nitrogens is 3. The van der Waals surface area contributed by atoms with Gasteiger partial charge in [-0.2, -0.15) is 10.2 Å². The highest BCUT2D eigenvalue weighted by molar-refractivity contribution is 6.34. The van der Waals surface area contributed by atoms with Gasteiger partial charge in [0.15, 0.2) is 5.82 Å². The van der Waals surface area contributed by atoms with Crippen molar-refractivity contribution in [1.29, 1.82) is 5.26 Å². The number of nitrogens with zero attached hydrogens (tertiary/aromatic N) is 8. The highest BCUT2D eigenvalue weighted by Crippen LogP contribution is 2.43. The Hall–Kier alpha value is -4.86. The molecule has 6 rings (SSSR count). The van der Waals surface area contributed by atoms with Crippen LogP contribution in [0, 0.1) is 23.0 Å². The number of fused-ring (bicyclic) bond motifs is 1. The lowest BCUT2D eigenvalue weighted by atomic mass is 10.00. The molecule has 1 amide bonds. The normalized spacial score (nSPS) is 18.9. The van der Waals surface area contributed by atoms with E-state index in [1.165, 1.54) is 24.3 Å². The summed E-state index contributed by atoms with van der Waals surface area (Å²) in [6, 6.07) is 12.1. The SMILES string of the molecule is C[C@@H]1CN(c2nc(N3CC(N(C)C)C3)nc3c(F)c(-c4c(O)cccc4F)c(Cl)cc23)[C@@H](C)CN1C(=O)/C(C#N)=C/c1ccccn1. The van der Waals surface area contributed by atoms with Crippen molar-refractivity contribution in [3.63, 3.8) is 0 Å². The van der Waals surface area contributed by atoms with E-state index in [0.717, 1.165) is 6.07 Å². The smallest absolute Gasteiger partial charge is 0.264 e. The predicted octanol–water partition coefficient (Wildman–Crippen LogP) is 5.11. The third-order valence-corrected chi connectivity index (χ3v) is 9.12. The molecule has 0 aliphatic carbocycles. The van der Waals surface area contributed by atoms with Crippen molar-refractivity contribution in [1.82, 2.24) is 24.8 Å². The Morgan fingerprint density at radius 3 is 2.49 bits per heavy atom. The summed E-state index contributed by atoms with van der Waals surface area (Å²) in [5.41, 5.74) is -0.237. The van der Waals surface area contributed by atoms with E-state index in [-0.39, 0.29) is 51.9 Å². The van der Waals surface area contributed by atoms with Crippen molar-refractivity contribution in [2.24, 2.45) is 0 Å². The molecule has 0 saturated carbocycles. The minimum absolute atomic E-state index is 0.0306. The second-order valence-corrected chi connectivity index (χ2v) is 12.6. The number of phenolic OH excluding ortho intramolecular Hbond substituents is 1. The largest absolute Gasteiger partial charge is 0.507 e. The van der Waals surface area contributed by atoms with Gasteiger partial charge in [0.1, 0.15) is 34.5 Å². The maximum absolute atomic E-state index is 16.5. The van der Waals surface area contributed by atoms with Crippen LogP contribution in [-0.2, 0) is 4.79 Å². The van der Waals surface area contributed by atoms with Crippen LogP contribution in [-0.4, -0.2) is 94.2 Å². The maximum atomic E-state index is 16.5. The van der Waals surface area contributed by atoms with Crippen LogP contribution in [0.4, 0.5) is 20.5 Å². The van der Waals surface area contributed by atoms with Crippen LogP contribution in [0.3, 0.4) is 0 Å². The number of hydrogen-bond acceptors (Lipinski definition) is 9. The standard InChI is InChI=1S/C34H33ClF2N8O2/c1-19-16-45(33(47)21(14-38)12-22-8-5-6-11-39-22)20(2)15-44(19)32-24-13-25(35)28(29-26(36)9-7-10-27(29)46)30(37)31(24)40-34(41-32)43-17-23(18-43)42(3)4/h5-13,19-20,23,46H,15-18H2,1-4H3/b21-12+/t19-,20+/m0/s1. The van der Waals surface area contributed by atoms with Gasteiger partial charge >= 0.3 is 0 Å². The van der Waals surface area contributed by atoms with E-state index in [4.69, 9.17) is 16.6 Å². The zero-order chi connectivity index (χ0) is 33.6. The summed E-state index contributed by atoms with van der Waals surface area (Å²) in [5, 5.41) is 20.5. The van der Waals surface area contributed by atoms with Gasteiger partial charge in [0.05, 0.1) is 16.3 Å². The zero-order valence-corrected chi connectivity index (χ0v) is 27.1. The lowest BCUT2D eigenvalue weighted by Crippen LogP contribution is -2.59. The van der Waals surface area contributed by atoms with Crippen molar-refractivity contribution in [2.75, 3.05) is 50.1 Å². The maximum Gasteiger partial charge on any atom is 0.264 e. The van der Waals surface area contributed by atoms with E-state index in [1.54, 1.807) is 29.3 Å². The van der Waals surface area contributed by atoms with Crippen molar-refractivity contribution < 1.29 is 18.7 Å². The molecule has 2 fully saturated rings. The van der Waals surface area contributed by atoms with Crippen molar-refractivity contribution in [2.45, 2.75) is 32.0 Å². The van der Waals surface area contributed by atoms with Gasteiger partial charge < -0.3 is 24.7 Å². The van der Waals surface area contributed by atoms with Gasteiger partial charge in [-0.05, 0) is 64.4 Å². The highest BCUT2D eigenvalue weighted by Gasteiger charge is 2.37. The molecule has 2 aliphatic rings. The van der Waals surface area contributed by atoms with Gasteiger partial charge in [0.25, 0.3) is 5.91 Å². The number of hydrogen-bond donors (Lipinski definition) is 1. The van der Waals surface area contributed by atoms with Crippen LogP contribution >= 0.6 is 11.6 Å². The summed E-state index contributed by atoms with van der Waals surface area (Å²) in [5.74, 6) is -1.85. The van der Waals surface area contributed by atoms with Gasteiger partial charge in [0, 0.05) is 61.5 Å². The average Bonchev–Trinajstić information content (AvgIpc) is 3.01. The fraction of sp³-hybridized carbons (Fsp3) is 0.324. The lowest BCUT2D eigenvalue weighted by Gasteiger charge is -2.46. The number of amides is 1. The van der Waals surface area contributed by atoms with Crippen LogP contribution in [0.25, 0.3) is 28.1 Å². The number of aromatic hydroxyl groups is 1. The molecule has 0 radical (unpaired) electrons. The lowest BCUT2D eigenvalue weighted by molar-refractivity contribution is -0.129. The summed E-state index contributed by atoms with van der Waals surface area (Å²) in [4.78, 5) is 35.0. The molecule has 10 nitrogen and oxygen atoms in total. The first-order valence-electron chi connectivity index (χ1n) is 15.2. The summed E-state index contributed by atoms with van der Waals surface area (Å²) in [7, 11) is 3.97. The number of benzene rings is 2. The molecule has 13 heteroatoms. The van der Waals surface area contributed by atoms with Crippen LogP contribution in [0.15, 0.2) is 54.2 Å². The van der Waals surface area contributed by atoms with Crippen LogP contribution < -0.4 is 9.80 Å². The number of nitriles is 1. The van der Waals surface area contributed by atoms with Gasteiger partial charge in [0.2, 0.25) is 5.95 Å². The molecule has 0 bridgehead atoms. The number of carbonyl (C=O) groups excluding carboxylic acids is 1. The highest BCUT2D eigenvalue weighted by atomic mass is 35.5. The molecule has 2 aliphatic heterocycles. The first-order valence-corrected chi connectivity index (χ1v) is 15.6. The first-order chi connectivity index (χ1) is 22.5. The predicted molar refractivity (Wildman–Crippen MR) is 177 cm³/mol. The Balaban J connectivity index is 1.41. The summed E-state index contributed by atoms with van der Waals surface area (Å²) < 4.78 is 31.5. The topological polar surface area (TPSA) is 113 Å². The fourth-order valence-corrected chi connectivity index (χ4v) is 6.36. The molecule has 2 aromatic heterocycles. The molecule has 47 heavy (non-hydrogen) atoms. The number of carbonyl (C=O) groups is 1. The number of piperazine rings is 1. The summed E-state index contributed by atoms with van der Waals surface area (Å²) >= 11 is 6.64. The number of likely N-dealkylation sites (N-methyl/N-ethyl adjacent to an activating group) is 1. The Morgan fingerprint density at radius 1 is 1.06 bits per heavy atom. The van der Waals surface area contributed by atoms with Crippen LogP contribution in [0.2, 0.25) is 5.02 Å². The monoisotopic (exact) mass is 658 g/mol. The molecule has 0 spiro atoms. The molecule has 2 saturated heterocycles. The molecule has 2 aromatic carbocycles. The quantitative estimate of drug-likeness (QED) is 0.223. The Labute approximate surface area is 276 Å². The molecule has 4 aromatic rings. The van der Waals surface area contributed by atoms with Gasteiger partial charge in [-0.1, -0.05) is 23.7 Å². The molecule has 4 heterocycles. The Bertz CT molecular complexity index is 1910. The Morgan fingerprint density at radius 2 is 1.83 bits per heavy atom. The summed E-state index contributed by atoms with van der Waals surface area (Å²) in [6.45, 7) is 5.62. The fourth-order valence-electron chi connectivity index (χ4n) is 6.07. The number of phenols is 1. The molecule has 242 valence electrons. The first kappa shape index (κ1) is 32.1. The van der Waals surface area contributed by atoms with E-state index in [2.05, 4.69) is 14.9 Å². The van der Waals surface area contributed by atoms with Gasteiger partial charge in [-0.25, -0.2) is 13.8 Å². The minimum atomic E-state index is -0.879. The zero-order valence-electron chi connectivity index (χ0n) is 26.3. The summed E-state index contributed by atoms with van der Waals surface area (Å²) in [6.07, 6.45) is 3.06. The van der Waals surface area contributed by atoms with Crippen LogP contribution in [0.5, 0.6) is 5.75 Å². The molecule has 1 N–H and O–H groups in total. The van der Waals surface area contributed by atoms with Crippen molar-refractivity contribution in [3.05, 3.63) is 76.6 Å². The van der Waals surface area contributed by atoms with E-state index in [1.807, 2.05) is 43.8 Å². The molecule has 0 unspecified atom stereocenters.